The van der Waals surface area contributed by atoms with Gasteiger partial charge in [-0.05, 0) is 30.2 Å². The average Bonchev–Trinajstić information content (AvgIpc) is 2.36. The normalized spacial score (nSPS) is 10.3. The largest absolute Gasteiger partial charge is 0.338 e. The topological polar surface area (TPSA) is 58.2 Å². The second kappa shape index (κ2) is 8.07. The third-order valence-electron chi connectivity index (χ3n) is 2.11. The van der Waals surface area contributed by atoms with Crippen molar-refractivity contribution < 1.29 is 9.59 Å². The van der Waals surface area contributed by atoms with E-state index in [1.807, 2.05) is 26.0 Å². The molecule has 1 rings (SSSR count). The lowest BCUT2D eigenvalue weighted by Gasteiger charge is -2.08. The molecule has 1 aromatic rings. The fourth-order valence-corrected chi connectivity index (χ4v) is 2.01. The van der Waals surface area contributed by atoms with Gasteiger partial charge in [0, 0.05) is 16.5 Å². The van der Waals surface area contributed by atoms with Crippen LogP contribution in [0.4, 0.5) is 4.79 Å². The van der Waals surface area contributed by atoms with Crippen LogP contribution in [0.5, 0.6) is 0 Å². The molecule has 0 saturated heterocycles. The minimum absolute atomic E-state index is 0.191. The van der Waals surface area contributed by atoms with Crippen molar-refractivity contribution in [2.45, 2.75) is 18.7 Å². The van der Waals surface area contributed by atoms with Crippen molar-refractivity contribution in [3.63, 3.8) is 0 Å². The van der Waals surface area contributed by atoms with Crippen LogP contribution in [0.3, 0.4) is 0 Å². The van der Waals surface area contributed by atoms with Crippen molar-refractivity contribution in [3.8, 4) is 0 Å². The zero-order chi connectivity index (χ0) is 14.3. The Kier molecular flexibility index (Phi) is 6.73. The first kappa shape index (κ1) is 15.9. The number of thioether (sulfide) groups is 1. The number of carbonyl (C=O) groups is 2. The van der Waals surface area contributed by atoms with E-state index in [1.54, 1.807) is 12.1 Å². The van der Waals surface area contributed by atoms with Gasteiger partial charge in [-0.2, -0.15) is 0 Å². The summed E-state index contributed by atoms with van der Waals surface area (Å²) in [5.74, 6) is 0.224. The Bertz CT molecular complexity index is 435. The van der Waals surface area contributed by atoms with Gasteiger partial charge in [-0.25, -0.2) is 4.79 Å². The van der Waals surface area contributed by atoms with Gasteiger partial charge in [-0.15, -0.1) is 11.8 Å². The van der Waals surface area contributed by atoms with E-state index in [2.05, 4.69) is 10.6 Å². The summed E-state index contributed by atoms with van der Waals surface area (Å²) < 4.78 is 0. The van der Waals surface area contributed by atoms with Crippen molar-refractivity contribution in [3.05, 3.63) is 29.3 Å². The first-order chi connectivity index (χ1) is 8.97. The SMILES string of the molecule is CC(C)CNC(=O)NC(=O)CSc1ccc(Cl)cc1. The summed E-state index contributed by atoms with van der Waals surface area (Å²) in [5.41, 5.74) is 0. The lowest BCUT2D eigenvalue weighted by Crippen LogP contribution is -2.41. The zero-order valence-electron chi connectivity index (χ0n) is 10.9. The predicted octanol–water partition coefficient (Wildman–Crippen LogP) is 2.91. The summed E-state index contributed by atoms with van der Waals surface area (Å²) in [6.07, 6.45) is 0. The Morgan fingerprint density at radius 3 is 2.47 bits per heavy atom. The van der Waals surface area contributed by atoms with E-state index in [0.717, 1.165) is 4.90 Å². The second-order valence-electron chi connectivity index (χ2n) is 4.39. The van der Waals surface area contributed by atoms with E-state index >= 15 is 0 Å². The number of halogens is 1. The molecule has 19 heavy (non-hydrogen) atoms. The van der Waals surface area contributed by atoms with Crippen LogP contribution in [0.2, 0.25) is 5.02 Å². The van der Waals surface area contributed by atoms with Crippen LogP contribution in [0.15, 0.2) is 29.2 Å². The molecule has 3 amide bonds. The van der Waals surface area contributed by atoms with Crippen molar-refractivity contribution in [1.82, 2.24) is 10.6 Å². The highest BCUT2D eigenvalue weighted by molar-refractivity contribution is 8.00. The van der Waals surface area contributed by atoms with Crippen LogP contribution < -0.4 is 10.6 Å². The summed E-state index contributed by atoms with van der Waals surface area (Å²) in [5, 5.41) is 5.56. The smallest absolute Gasteiger partial charge is 0.321 e. The molecule has 2 N–H and O–H groups in total. The molecular formula is C13H17ClN2O2S. The molecule has 0 aromatic heterocycles. The van der Waals surface area contributed by atoms with Crippen LogP contribution in [0, 0.1) is 5.92 Å². The van der Waals surface area contributed by atoms with Gasteiger partial charge >= 0.3 is 6.03 Å². The molecule has 0 spiro atoms. The highest BCUT2D eigenvalue weighted by atomic mass is 35.5. The summed E-state index contributed by atoms with van der Waals surface area (Å²) in [6.45, 7) is 4.51. The lowest BCUT2D eigenvalue weighted by molar-refractivity contribution is -0.117. The Hall–Kier alpha value is -1.20. The minimum atomic E-state index is -0.449. The third-order valence-corrected chi connectivity index (χ3v) is 3.37. The third kappa shape index (κ3) is 7.08. The van der Waals surface area contributed by atoms with Gasteiger partial charge in [0.1, 0.15) is 0 Å². The second-order valence-corrected chi connectivity index (χ2v) is 5.88. The molecule has 0 saturated carbocycles. The summed E-state index contributed by atoms with van der Waals surface area (Å²) >= 11 is 7.11. The zero-order valence-corrected chi connectivity index (χ0v) is 12.5. The van der Waals surface area contributed by atoms with E-state index in [9.17, 15) is 9.59 Å². The summed E-state index contributed by atoms with van der Waals surface area (Å²) in [4.78, 5) is 23.8. The molecular weight excluding hydrogens is 284 g/mol. The molecule has 104 valence electrons. The summed E-state index contributed by atoms with van der Waals surface area (Å²) in [7, 11) is 0. The Morgan fingerprint density at radius 2 is 1.89 bits per heavy atom. The molecule has 0 bridgehead atoms. The highest BCUT2D eigenvalue weighted by Crippen LogP contribution is 2.19. The van der Waals surface area contributed by atoms with Gasteiger partial charge in [0.15, 0.2) is 0 Å². The Labute approximate surface area is 122 Å². The number of nitrogens with one attached hydrogen (secondary N) is 2. The summed E-state index contributed by atoms with van der Waals surface area (Å²) in [6, 6.07) is 6.74. The van der Waals surface area contributed by atoms with Gasteiger partial charge in [0.25, 0.3) is 0 Å². The molecule has 0 unspecified atom stereocenters. The van der Waals surface area contributed by atoms with E-state index in [4.69, 9.17) is 11.6 Å². The Morgan fingerprint density at radius 1 is 1.26 bits per heavy atom. The lowest BCUT2D eigenvalue weighted by atomic mass is 10.2. The molecule has 6 heteroatoms. The van der Waals surface area contributed by atoms with Crippen molar-refractivity contribution >= 4 is 35.3 Å². The monoisotopic (exact) mass is 300 g/mol. The highest BCUT2D eigenvalue weighted by Gasteiger charge is 2.08. The van der Waals surface area contributed by atoms with Crippen molar-refractivity contribution in [1.29, 1.82) is 0 Å². The number of imide groups is 1. The molecule has 0 aliphatic carbocycles. The quantitative estimate of drug-likeness (QED) is 0.822. The molecule has 1 aromatic carbocycles. The fourth-order valence-electron chi connectivity index (χ4n) is 1.18. The maximum Gasteiger partial charge on any atom is 0.321 e. The maximum atomic E-state index is 11.5. The Balaban J connectivity index is 2.27. The number of hydrogen-bond acceptors (Lipinski definition) is 3. The number of amides is 3. The molecule has 0 aliphatic rings. The minimum Gasteiger partial charge on any atom is -0.338 e. The van der Waals surface area contributed by atoms with Gasteiger partial charge < -0.3 is 5.32 Å². The van der Waals surface area contributed by atoms with Crippen LogP contribution >= 0.6 is 23.4 Å². The first-order valence-electron chi connectivity index (χ1n) is 5.93. The number of benzene rings is 1. The van der Waals surface area contributed by atoms with E-state index < -0.39 is 6.03 Å². The fraction of sp³-hybridized carbons (Fsp3) is 0.385. The van der Waals surface area contributed by atoms with Crippen molar-refractivity contribution in [2.75, 3.05) is 12.3 Å². The van der Waals surface area contributed by atoms with Gasteiger partial charge in [0.05, 0.1) is 5.75 Å². The predicted molar refractivity (Wildman–Crippen MR) is 78.6 cm³/mol. The first-order valence-corrected chi connectivity index (χ1v) is 7.30. The molecule has 0 fully saturated rings. The van der Waals surface area contributed by atoms with E-state index in [1.165, 1.54) is 11.8 Å². The molecule has 0 radical (unpaired) electrons. The van der Waals surface area contributed by atoms with Gasteiger partial charge in [-0.3, -0.25) is 10.1 Å². The van der Waals surface area contributed by atoms with E-state index in [-0.39, 0.29) is 11.7 Å². The average molecular weight is 301 g/mol. The van der Waals surface area contributed by atoms with Crippen LogP contribution in [0.1, 0.15) is 13.8 Å². The van der Waals surface area contributed by atoms with Crippen LogP contribution in [0.25, 0.3) is 0 Å². The van der Waals surface area contributed by atoms with Crippen LogP contribution in [-0.2, 0) is 4.79 Å². The number of rotatable bonds is 5. The molecule has 0 heterocycles. The van der Waals surface area contributed by atoms with E-state index in [0.29, 0.717) is 17.5 Å². The standard InChI is InChI=1S/C13H17ClN2O2S/c1-9(2)7-15-13(18)16-12(17)8-19-11-5-3-10(14)4-6-11/h3-6,9H,7-8H2,1-2H3,(H2,15,16,17,18). The van der Waals surface area contributed by atoms with Gasteiger partial charge in [0.2, 0.25) is 5.91 Å². The van der Waals surface area contributed by atoms with Crippen molar-refractivity contribution in [2.24, 2.45) is 5.92 Å². The maximum absolute atomic E-state index is 11.5. The number of urea groups is 1. The van der Waals surface area contributed by atoms with Crippen LogP contribution in [-0.4, -0.2) is 24.2 Å². The molecule has 0 aliphatic heterocycles. The molecule has 4 nitrogen and oxygen atoms in total. The van der Waals surface area contributed by atoms with Gasteiger partial charge in [-0.1, -0.05) is 25.4 Å². The number of hydrogen-bond donors (Lipinski definition) is 2. The number of carbonyl (C=O) groups excluding carboxylic acids is 2. The molecule has 0 atom stereocenters.